The van der Waals surface area contributed by atoms with Crippen LogP contribution in [0.2, 0.25) is 0 Å². The fraction of sp³-hybridized carbons (Fsp3) is 0.625. The monoisotopic (exact) mass is 245 g/mol. The molecule has 2 heteroatoms. The molecule has 0 bridgehead atoms. The molecule has 1 atom stereocenters. The maximum Gasteiger partial charge on any atom is 0.122 e. The van der Waals surface area contributed by atoms with Crippen LogP contribution in [0.3, 0.4) is 0 Å². The van der Waals surface area contributed by atoms with Crippen LogP contribution in [0.4, 0.5) is 0 Å². The zero-order valence-electron chi connectivity index (χ0n) is 11.2. The number of nitrogens with one attached hydrogen (secondary N) is 1. The van der Waals surface area contributed by atoms with Gasteiger partial charge in [0, 0.05) is 24.6 Å². The standard InChI is InChI=1S/C16H23NO/c1-18-15-9-5-8-13-10-17-11-14(16(13)15)12-6-3-2-4-7-12/h5,8-9,12,14,17H,2-4,6-7,10-11H2,1H3. The number of hydrogen-bond donors (Lipinski definition) is 1. The van der Waals surface area contributed by atoms with E-state index in [2.05, 4.69) is 23.5 Å². The largest absolute Gasteiger partial charge is 0.496 e. The smallest absolute Gasteiger partial charge is 0.122 e. The molecule has 98 valence electrons. The lowest BCUT2D eigenvalue weighted by molar-refractivity contribution is 0.281. The summed E-state index contributed by atoms with van der Waals surface area (Å²) < 4.78 is 5.61. The highest BCUT2D eigenvalue weighted by Crippen LogP contribution is 2.42. The van der Waals surface area contributed by atoms with E-state index in [0.29, 0.717) is 5.92 Å². The van der Waals surface area contributed by atoms with Crippen LogP contribution in [0, 0.1) is 5.92 Å². The minimum atomic E-state index is 0.658. The van der Waals surface area contributed by atoms with E-state index in [1.165, 1.54) is 43.2 Å². The molecule has 3 rings (SSSR count). The van der Waals surface area contributed by atoms with Crippen molar-refractivity contribution >= 4 is 0 Å². The van der Waals surface area contributed by atoms with E-state index < -0.39 is 0 Å². The molecule has 1 fully saturated rings. The number of methoxy groups -OCH3 is 1. The van der Waals surface area contributed by atoms with Gasteiger partial charge in [0.05, 0.1) is 7.11 Å². The van der Waals surface area contributed by atoms with Gasteiger partial charge in [-0.1, -0.05) is 31.4 Å². The first-order valence-corrected chi connectivity index (χ1v) is 7.26. The van der Waals surface area contributed by atoms with Crippen molar-refractivity contribution in [2.24, 2.45) is 5.92 Å². The molecule has 1 unspecified atom stereocenters. The Balaban J connectivity index is 1.94. The molecule has 0 saturated heterocycles. The van der Waals surface area contributed by atoms with Crippen molar-refractivity contribution in [1.29, 1.82) is 0 Å². The summed E-state index contributed by atoms with van der Waals surface area (Å²) in [5.74, 6) is 2.61. The molecular formula is C16H23NO. The number of benzene rings is 1. The van der Waals surface area contributed by atoms with Gasteiger partial charge < -0.3 is 10.1 Å². The lowest BCUT2D eigenvalue weighted by atomic mass is 9.74. The van der Waals surface area contributed by atoms with Crippen molar-refractivity contribution in [1.82, 2.24) is 5.32 Å². The van der Waals surface area contributed by atoms with E-state index in [1.807, 2.05) is 0 Å². The topological polar surface area (TPSA) is 21.3 Å². The average molecular weight is 245 g/mol. The molecule has 2 aliphatic rings. The normalized spacial score (nSPS) is 24.6. The molecule has 1 heterocycles. The molecule has 1 N–H and O–H groups in total. The van der Waals surface area contributed by atoms with Crippen LogP contribution in [-0.2, 0) is 6.54 Å². The predicted octanol–water partition coefficient (Wildman–Crippen LogP) is 3.46. The van der Waals surface area contributed by atoms with Gasteiger partial charge in [-0.25, -0.2) is 0 Å². The molecular weight excluding hydrogens is 222 g/mol. The van der Waals surface area contributed by atoms with Crippen molar-refractivity contribution in [2.75, 3.05) is 13.7 Å². The van der Waals surface area contributed by atoms with Crippen LogP contribution in [0.25, 0.3) is 0 Å². The minimum Gasteiger partial charge on any atom is -0.496 e. The Kier molecular flexibility index (Phi) is 3.55. The Morgan fingerprint density at radius 3 is 2.78 bits per heavy atom. The molecule has 1 aromatic carbocycles. The minimum absolute atomic E-state index is 0.658. The SMILES string of the molecule is COc1cccc2c1C(C1CCCCC1)CNC2. The van der Waals surface area contributed by atoms with Crippen LogP contribution in [0.1, 0.15) is 49.1 Å². The van der Waals surface area contributed by atoms with Crippen LogP contribution in [0.5, 0.6) is 5.75 Å². The molecule has 2 nitrogen and oxygen atoms in total. The zero-order valence-corrected chi connectivity index (χ0v) is 11.2. The first-order valence-electron chi connectivity index (χ1n) is 7.26. The van der Waals surface area contributed by atoms with Crippen molar-refractivity contribution in [3.05, 3.63) is 29.3 Å². The quantitative estimate of drug-likeness (QED) is 0.861. The van der Waals surface area contributed by atoms with E-state index in [0.717, 1.165) is 24.8 Å². The molecule has 0 amide bonds. The second-order valence-electron chi connectivity index (χ2n) is 5.67. The molecule has 0 radical (unpaired) electrons. The first kappa shape index (κ1) is 12.0. The highest BCUT2D eigenvalue weighted by molar-refractivity contribution is 5.44. The highest BCUT2D eigenvalue weighted by atomic mass is 16.5. The molecule has 1 aromatic rings. The van der Waals surface area contributed by atoms with Gasteiger partial charge in [-0.3, -0.25) is 0 Å². The first-order chi connectivity index (χ1) is 8.90. The van der Waals surface area contributed by atoms with E-state index in [1.54, 1.807) is 7.11 Å². The van der Waals surface area contributed by atoms with Gasteiger partial charge in [0.2, 0.25) is 0 Å². The van der Waals surface area contributed by atoms with E-state index in [-0.39, 0.29) is 0 Å². The number of rotatable bonds is 2. The number of fused-ring (bicyclic) bond motifs is 1. The Labute approximate surface area is 110 Å². The van der Waals surface area contributed by atoms with E-state index >= 15 is 0 Å². The van der Waals surface area contributed by atoms with Crippen LogP contribution in [-0.4, -0.2) is 13.7 Å². The van der Waals surface area contributed by atoms with Gasteiger partial charge in [-0.2, -0.15) is 0 Å². The Bertz CT molecular complexity index is 395. The fourth-order valence-corrected chi connectivity index (χ4v) is 3.75. The summed E-state index contributed by atoms with van der Waals surface area (Å²) in [6.45, 7) is 2.12. The third-order valence-corrected chi connectivity index (χ3v) is 4.65. The molecule has 0 aromatic heterocycles. The molecule has 0 spiro atoms. The van der Waals surface area contributed by atoms with Gasteiger partial charge in [0.1, 0.15) is 5.75 Å². The van der Waals surface area contributed by atoms with E-state index in [4.69, 9.17) is 4.74 Å². The third kappa shape index (κ3) is 2.14. The predicted molar refractivity (Wildman–Crippen MR) is 74.0 cm³/mol. The molecule has 1 saturated carbocycles. The lowest BCUT2D eigenvalue weighted by Crippen LogP contribution is -2.33. The molecule has 18 heavy (non-hydrogen) atoms. The molecule has 1 aliphatic carbocycles. The van der Waals surface area contributed by atoms with Crippen LogP contribution < -0.4 is 10.1 Å². The second kappa shape index (κ2) is 5.31. The highest BCUT2D eigenvalue weighted by Gasteiger charge is 2.31. The fourth-order valence-electron chi connectivity index (χ4n) is 3.75. The summed E-state index contributed by atoms with van der Waals surface area (Å²) in [5, 5.41) is 3.58. The van der Waals surface area contributed by atoms with Gasteiger partial charge in [0.25, 0.3) is 0 Å². The van der Waals surface area contributed by atoms with Crippen molar-refractivity contribution in [3.8, 4) is 5.75 Å². The van der Waals surface area contributed by atoms with Crippen molar-refractivity contribution < 1.29 is 4.74 Å². The van der Waals surface area contributed by atoms with Crippen molar-refractivity contribution in [2.45, 2.75) is 44.6 Å². The lowest BCUT2D eigenvalue weighted by Gasteiger charge is -2.36. The Morgan fingerprint density at radius 2 is 2.00 bits per heavy atom. The van der Waals surface area contributed by atoms with E-state index in [9.17, 15) is 0 Å². The Morgan fingerprint density at radius 1 is 1.17 bits per heavy atom. The summed E-state index contributed by atoms with van der Waals surface area (Å²) in [6.07, 6.45) is 7.03. The average Bonchev–Trinajstić information content (AvgIpc) is 2.47. The second-order valence-corrected chi connectivity index (χ2v) is 5.67. The summed E-state index contributed by atoms with van der Waals surface area (Å²) >= 11 is 0. The molecule has 1 aliphatic heterocycles. The number of hydrogen-bond acceptors (Lipinski definition) is 2. The van der Waals surface area contributed by atoms with Crippen LogP contribution >= 0.6 is 0 Å². The van der Waals surface area contributed by atoms with Crippen LogP contribution in [0.15, 0.2) is 18.2 Å². The summed E-state index contributed by atoms with van der Waals surface area (Å²) in [5.41, 5.74) is 2.93. The Hall–Kier alpha value is -1.02. The zero-order chi connectivity index (χ0) is 12.4. The third-order valence-electron chi connectivity index (χ3n) is 4.65. The summed E-state index contributed by atoms with van der Waals surface area (Å²) in [6, 6.07) is 6.49. The summed E-state index contributed by atoms with van der Waals surface area (Å²) in [7, 11) is 1.80. The van der Waals surface area contributed by atoms with Gasteiger partial charge in [0.15, 0.2) is 0 Å². The maximum atomic E-state index is 5.61. The number of ether oxygens (including phenoxy) is 1. The van der Waals surface area contributed by atoms with Gasteiger partial charge in [-0.05, 0) is 30.4 Å². The maximum absolute atomic E-state index is 5.61. The van der Waals surface area contributed by atoms with Crippen molar-refractivity contribution in [3.63, 3.8) is 0 Å². The van der Waals surface area contributed by atoms with Gasteiger partial charge in [-0.15, -0.1) is 0 Å². The summed E-state index contributed by atoms with van der Waals surface area (Å²) in [4.78, 5) is 0. The van der Waals surface area contributed by atoms with Gasteiger partial charge >= 0.3 is 0 Å².